The van der Waals surface area contributed by atoms with Crippen LogP contribution in [0.25, 0.3) is 5.52 Å². The molecule has 0 unspecified atom stereocenters. The van der Waals surface area contributed by atoms with Gasteiger partial charge in [-0.1, -0.05) is 6.07 Å². The molecular formula is C22H23N3O2. The van der Waals surface area contributed by atoms with Gasteiger partial charge in [0, 0.05) is 42.7 Å². The van der Waals surface area contributed by atoms with E-state index in [1.54, 1.807) is 14.2 Å². The summed E-state index contributed by atoms with van der Waals surface area (Å²) in [5, 5.41) is 9.69. The molecule has 2 heterocycles. The van der Waals surface area contributed by atoms with Crippen LogP contribution >= 0.6 is 0 Å². The Morgan fingerprint density at radius 1 is 1.11 bits per heavy atom. The second-order valence-electron chi connectivity index (χ2n) is 6.95. The number of fused-ring (bicyclic) bond motifs is 1. The highest BCUT2D eigenvalue weighted by Gasteiger charge is 2.30. The largest absolute Gasteiger partial charge is 0.497 e. The van der Waals surface area contributed by atoms with Crippen molar-refractivity contribution in [3.8, 4) is 17.6 Å². The first-order valence-corrected chi connectivity index (χ1v) is 9.17. The van der Waals surface area contributed by atoms with Crippen LogP contribution in [-0.2, 0) is 13.1 Å². The minimum Gasteiger partial charge on any atom is -0.497 e. The molecule has 5 heteroatoms. The van der Waals surface area contributed by atoms with Gasteiger partial charge in [-0.05, 0) is 43.2 Å². The van der Waals surface area contributed by atoms with Gasteiger partial charge in [0.15, 0.2) is 0 Å². The van der Waals surface area contributed by atoms with Crippen molar-refractivity contribution in [3.63, 3.8) is 0 Å². The molecule has 0 N–H and O–H groups in total. The molecule has 0 aliphatic heterocycles. The van der Waals surface area contributed by atoms with E-state index in [1.165, 1.54) is 12.8 Å². The molecule has 0 radical (unpaired) electrons. The molecule has 0 bridgehead atoms. The highest BCUT2D eigenvalue weighted by atomic mass is 16.5. The van der Waals surface area contributed by atoms with E-state index in [1.807, 2.05) is 47.0 Å². The summed E-state index contributed by atoms with van der Waals surface area (Å²) in [6.45, 7) is 1.51. The Morgan fingerprint density at radius 2 is 1.93 bits per heavy atom. The highest BCUT2D eigenvalue weighted by molar-refractivity contribution is 5.65. The van der Waals surface area contributed by atoms with Crippen LogP contribution in [-0.4, -0.2) is 29.6 Å². The Labute approximate surface area is 159 Å². The maximum atomic E-state index is 9.69. The maximum Gasteiger partial charge on any atom is 0.123 e. The van der Waals surface area contributed by atoms with Crippen molar-refractivity contribution in [1.29, 1.82) is 5.26 Å². The normalized spacial score (nSPS) is 13.7. The molecule has 1 aromatic carbocycles. The predicted molar refractivity (Wildman–Crippen MR) is 104 cm³/mol. The maximum absolute atomic E-state index is 9.69. The fourth-order valence-electron chi connectivity index (χ4n) is 3.62. The zero-order valence-corrected chi connectivity index (χ0v) is 15.7. The molecule has 0 spiro atoms. The summed E-state index contributed by atoms with van der Waals surface area (Å²) in [5.74, 6) is 1.69. The number of methoxy groups -OCH3 is 2. The van der Waals surface area contributed by atoms with Crippen LogP contribution in [0.4, 0.5) is 0 Å². The third-order valence-corrected chi connectivity index (χ3v) is 5.17. The standard InChI is InChI=1S/C22H23N3O2/c1-26-19-8-9-22(27-2)16(11-19)13-25(18-6-7-18)15-17-14-24-10-4-3-5-21(24)20(17)12-23/h3-5,8-11,14,18H,6-7,13,15H2,1-2H3. The van der Waals surface area contributed by atoms with Gasteiger partial charge in [0.2, 0.25) is 0 Å². The van der Waals surface area contributed by atoms with Crippen LogP contribution < -0.4 is 9.47 Å². The first kappa shape index (κ1) is 17.4. The number of benzene rings is 1. The van der Waals surface area contributed by atoms with E-state index in [0.717, 1.165) is 46.8 Å². The van der Waals surface area contributed by atoms with E-state index in [0.29, 0.717) is 6.04 Å². The summed E-state index contributed by atoms with van der Waals surface area (Å²) in [6.07, 6.45) is 6.46. The lowest BCUT2D eigenvalue weighted by molar-refractivity contribution is 0.241. The Bertz CT molecular complexity index is 998. The summed E-state index contributed by atoms with van der Waals surface area (Å²) in [7, 11) is 3.37. The lowest BCUT2D eigenvalue weighted by Gasteiger charge is -2.23. The van der Waals surface area contributed by atoms with Crippen molar-refractivity contribution in [2.45, 2.75) is 32.0 Å². The number of hydrogen-bond donors (Lipinski definition) is 0. The first-order valence-electron chi connectivity index (χ1n) is 9.17. The summed E-state index contributed by atoms with van der Waals surface area (Å²) in [5.41, 5.74) is 3.90. The zero-order chi connectivity index (χ0) is 18.8. The van der Waals surface area contributed by atoms with E-state index in [-0.39, 0.29) is 0 Å². The van der Waals surface area contributed by atoms with Gasteiger partial charge in [0.05, 0.1) is 25.3 Å². The fraction of sp³-hybridized carbons (Fsp3) is 0.318. The zero-order valence-electron chi connectivity index (χ0n) is 15.7. The number of nitrogens with zero attached hydrogens (tertiary/aromatic N) is 3. The molecule has 5 nitrogen and oxygen atoms in total. The van der Waals surface area contributed by atoms with E-state index >= 15 is 0 Å². The van der Waals surface area contributed by atoms with Crippen LogP contribution in [0.15, 0.2) is 48.8 Å². The van der Waals surface area contributed by atoms with E-state index < -0.39 is 0 Å². The number of aromatic nitrogens is 1. The van der Waals surface area contributed by atoms with Gasteiger partial charge in [-0.3, -0.25) is 4.90 Å². The fourth-order valence-corrected chi connectivity index (χ4v) is 3.62. The van der Waals surface area contributed by atoms with Crippen molar-refractivity contribution in [2.24, 2.45) is 0 Å². The van der Waals surface area contributed by atoms with Crippen LogP contribution in [0.5, 0.6) is 11.5 Å². The minimum atomic E-state index is 0.551. The van der Waals surface area contributed by atoms with Gasteiger partial charge in [0.25, 0.3) is 0 Å². The lowest BCUT2D eigenvalue weighted by atomic mass is 10.1. The lowest BCUT2D eigenvalue weighted by Crippen LogP contribution is -2.25. The third kappa shape index (κ3) is 3.49. The van der Waals surface area contributed by atoms with E-state index in [9.17, 15) is 5.26 Å². The average Bonchev–Trinajstić information content (AvgIpc) is 3.49. The van der Waals surface area contributed by atoms with Crippen molar-refractivity contribution in [1.82, 2.24) is 9.30 Å². The summed E-state index contributed by atoms with van der Waals surface area (Å²) < 4.78 is 13.0. The summed E-state index contributed by atoms with van der Waals surface area (Å²) >= 11 is 0. The molecule has 3 aromatic rings. The molecule has 0 amide bonds. The number of hydrogen-bond acceptors (Lipinski definition) is 4. The SMILES string of the molecule is COc1ccc(OC)c(CN(Cc2cn3ccccc3c2C#N)C2CC2)c1. The van der Waals surface area contributed by atoms with Gasteiger partial charge in [-0.2, -0.15) is 5.26 Å². The number of rotatable bonds is 7. The molecule has 0 saturated heterocycles. The Balaban J connectivity index is 1.65. The molecule has 1 aliphatic rings. The van der Waals surface area contributed by atoms with Crippen molar-refractivity contribution in [3.05, 3.63) is 65.5 Å². The monoisotopic (exact) mass is 361 g/mol. The molecule has 0 atom stereocenters. The number of pyridine rings is 1. The Morgan fingerprint density at radius 3 is 2.63 bits per heavy atom. The van der Waals surface area contributed by atoms with Crippen molar-refractivity contribution < 1.29 is 9.47 Å². The number of nitriles is 1. The molecule has 1 saturated carbocycles. The molecule has 1 aliphatic carbocycles. The Kier molecular flexibility index (Phi) is 4.74. The summed E-state index contributed by atoms with van der Waals surface area (Å²) in [6, 6.07) is 14.8. The molecule has 4 rings (SSSR count). The highest BCUT2D eigenvalue weighted by Crippen LogP contribution is 2.34. The van der Waals surface area contributed by atoms with Gasteiger partial charge < -0.3 is 13.9 Å². The number of ether oxygens (including phenoxy) is 2. The van der Waals surface area contributed by atoms with Gasteiger partial charge >= 0.3 is 0 Å². The van der Waals surface area contributed by atoms with Crippen molar-refractivity contribution >= 4 is 5.52 Å². The minimum absolute atomic E-state index is 0.551. The predicted octanol–water partition coefficient (Wildman–Crippen LogP) is 3.99. The van der Waals surface area contributed by atoms with Gasteiger partial charge in [-0.25, -0.2) is 0 Å². The van der Waals surface area contributed by atoms with Crippen molar-refractivity contribution in [2.75, 3.05) is 14.2 Å². The van der Waals surface area contributed by atoms with Crippen LogP contribution in [0.2, 0.25) is 0 Å². The molecule has 138 valence electrons. The van der Waals surface area contributed by atoms with Crippen LogP contribution in [0.3, 0.4) is 0 Å². The summed E-state index contributed by atoms with van der Waals surface area (Å²) in [4.78, 5) is 2.44. The van der Waals surface area contributed by atoms with Crippen LogP contribution in [0, 0.1) is 11.3 Å². The smallest absolute Gasteiger partial charge is 0.123 e. The topological polar surface area (TPSA) is 49.9 Å². The van der Waals surface area contributed by atoms with E-state index in [2.05, 4.69) is 17.2 Å². The third-order valence-electron chi connectivity index (χ3n) is 5.17. The second kappa shape index (κ2) is 7.34. The van der Waals surface area contributed by atoms with Crippen LogP contribution in [0.1, 0.15) is 29.5 Å². The Hall–Kier alpha value is -2.97. The molecular weight excluding hydrogens is 338 g/mol. The molecule has 27 heavy (non-hydrogen) atoms. The van der Waals surface area contributed by atoms with E-state index in [4.69, 9.17) is 9.47 Å². The molecule has 2 aromatic heterocycles. The first-order chi connectivity index (χ1) is 13.2. The van der Waals surface area contributed by atoms with Gasteiger partial charge in [0.1, 0.15) is 17.6 Å². The molecule has 1 fully saturated rings. The van der Waals surface area contributed by atoms with Gasteiger partial charge in [-0.15, -0.1) is 0 Å². The average molecular weight is 361 g/mol. The quantitative estimate of drug-likeness (QED) is 0.638. The second-order valence-corrected chi connectivity index (χ2v) is 6.95.